The van der Waals surface area contributed by atoms with Crippen LogP contribution >= 0.6 is 0 Å². The normalized spacial score (nSPS) is 10.1. The van der Waals surface area contributed by atoms with Crippen LogP contribution in [0.25, 0.3) is 0 Å². The zero-order chi connectivity index (χ0) is 13.2. The van der Waals surface area contributed by atoms with Crippen LogP contribution in [0.2, 0.25) is 6.32 Å². The Hall–Kier alpha value is -1.45. The molecule has 1 rings (SSSR count). The van der Waals surface area contributed by atoms with Crippen LogP contribution in [0.5, 0.6) is 5.75 Å². The highest BCUT2D eigenvalue weighted by Gasteiger charge is 2.00. The van der Waals surface area contributed by atoms with Gasteiger partial charge < -0.3 is 9.47 Å². The molecule has 0 aliphatic carbocycles. The molecule has 0 N–H and O–H groups in total. The van der Waals surface area contributed by atoms with Gasteiger partial charge in [0.25, 0.3) is 0 Å². The third kappa shape index (κ3) is 5.76. The summed E-state index contributed by atoms with van der Waals surface area (Å²) in [4.78, 5) is 10.9. The van der Waals surface area contributed by atoms with E-state index < -0.39 is 0 Å². The van der Waals surface area contributed by atoms with Gasteiger partial charge in [-0.25, -0.2) is 0 Å². The van der Waals surface area contributed by atoms with Crippen molar-refractivity contribution in [1.82, 2.24) is 0 Å². The van der Waals surface area contributed by atoms with E-state index in [1.165, 1.54) is 12.7 Å². The summed E-state index contributed by atoms with van der Waals surface area (Å²) in [5, 5.41) is 0. The fraction of sp³-hybridized carbons (Fsp3) is 0.500. The number of methoxy groups -OCH3 is 1. The molecule has 0 saturated heterocycles. The number of ether oxygens (including phenoxy) is 2. The molecule has 0 spiro atoms. The Kier molecular flexibility index (Phi) is 7.00. The van der Waals surface area contributed by atoms with Gasteiger partial charge in [0.2, 0.25) is 0 Å². The average molecular weight is 246 g/mol. The van der Waals surface area contributed by atoms with Gasteiger partial charge in [0.15, 0.2) is 0 Å². The van der Waals surface area contributed by atoms with Crippen molar-refractivity contribution in [1.29, 1.82) is 0 Å². The molecule has 18 heavy (non-hydrogen) atoms. The third-order valence-corrected chi connectivity index (χ3v) is 2.63. The van der Waals surface area contributed by atoms with Crippen LogP contribution in [0, 0.1) is 0 Å². The van der Waals surface area contributed by atoms with E-state index in [0.717, 1.165) is 25.0 Å². The summed E-state index contributed by atoms with van der Waals surface area (Å²) in [6, 6.07) is 7.99. The van der Waals surface area contributed by atoms with Gasteiger partial charge in [0, 0.05) is 6.42 Å². The molecule has 1 aromatic rings. The highest BCUT2D eigenvalue weighted by Crippen LogP contribution is 2.14. The monoisotopic (exact) mass is 246 g/mol. The van der Waals surface area contributed by atoms with Gasteiger partial charge in [-0.15, -0.1) is 0 Å². The molecule has 0 atom stereocenters. The number of benzene rings is 1. The molecule has 0 fully saturated rings. The first-order valence-electron chi connectivity index (χ1n) is 6.25. The van der Waals surface area contributed by atoms with E-state index in [-0.39, 0.29) is 5.97 Å². The average Bonchev–Trinajstić information content (AvgIpc) is 2.42. The Balaban J connectivity index is 2.24. The first-order valence-corrected chi connectivity index (χ1v) is 6.25. The number of unbranched alkanes of at least 4 members (excludes halogenated alkanes) is 1. The molecule has 0 saturated carbocycles. The van der Waals surface area contributed by atoms with Crippen molar-refractivity contribution in [2.45, 2.75) is 32.0 Å². The summed E-state index contributed by atoms with van der Waals surface area (Å²) in [5.41, 5.74) is 1.25. The van der Waals surface area contributed by atoms with E-state index in [2.05, 4.69) is 4.74 Å². The van der Waals surface area contributed by atoms with Crippen molar-refractivity contribution >= 4 is 13.8 Å². The summed E-state index contributed by atoms with van der Waals surface area (Å²) in [5.74, 6) is 0.708. The molecule has 0 aliphatic heterocycles. The molecule has 96 valence electrons. The van der Waals surface area contributed by atoms with Crippen molar-refractivity contribution < 1.29 is 14.3 Å². The van der Waals surface area contributed by atoms with E-state index in [0.29, 0.717) is 19.3 Å². The summed E-state index contributed by atoms with van der Waals surface area (Å²) >= 11 is 0. The Morgan fingerprint density at radius 3 is 2.56 bits per heavy atom. The molecule has 0 unspecified atom stereocenters. The van der Waals surface area contributed by atoms with Gasteiger partial charge in [0.05, 0.1) is 21.6 Å². The molecule has 4 heteroatoms. The minimum Gasteiger partial charge on any atom is -0.494 e. The number of rotatable bonds is 8. The number of hydrogen-bond acceptors (Lipinski definition) is 3. The van der Waals surface area contributed by atoms with Crippen LogP contribution in [0.4, 0.5) is 0 Å². The maximum Gasteiger partial charge on any atom is 0.305 e. The highest BCUT2D eigenvalue weighted by molar-refractivity contribution is 6.08. The maximum atomic E-state index is 10.9. The van der Waals surface area contributed by atoms with E-state index in [1.54, 1.807) is 0 Å². The van der Waals surface area contributed by atoms with Crippen LogP contribution in [-0.4, -0.2) is 27.5 Å². The van der Waals surface area contributed by atoms with E-state index in [1.807, 2.05) is 24.3 Å². The lowest BCUT2D eigenvalue weighted by atomic mass is 10.1. The van der Waals surface area contributed by atoms with Crippen LogP contribution in [0.3, 0.4) is 0 Å². The van der Waals surface area contributed by atoms with Crippen molar-refractivity contribution in [2.24, 2.45) is 0 Å². The number of carbonyl (C=O) groups excluding carboxylic acids is 1. The minimum atomic E-state index is -0.138. The zero-order valence-electron chi connectivity index (χ0n) is 10.9. The molecule has 0 bridgehead atoms. The summed E-state index contributed by atoms with van der Waals surface area (Å²) in [7, 11) is 6.78. The second-order valence-corrected chi connectivity index (χ2v) is 4.06. The lowest BCUT2D eigenvalue weighted by molar-refractivity contribution is -0.140. The maximum absolute atomic E-state index is 10.9. The van der Waals surface area contributed by atoms with Gasteiger partial charge in [-0.1, -0.05) is 18.5 Å². The van der Waals surface area contributed by atoms with Gasteiger partial charge in [0.1, 0.15) is 5.75 Å². The number of hydrogen-bond donors (Lipinski definition) is 0. The molecule has 1 aromatic carbocycles. The predicted molar refractivity (Wildman–Crippen MR) is 72.1 cm³/mol. The van der Waals surface area contributed by atoms with Crippen molar-refractivity contribution in [2.75, 3.05) is 13.7 Å². The fourth-order valence-corrected chi connectivity index (χ4v) is 1.63. The lowest BCUT2D eigenvalue weighted by Crippen LogP contribution is -1.99. The largest absolute Gasteiger partial charge is 0.494 e. The molecule has 0 aliphatic rings. The molecule has 3 nitrogen and oxygen atoms in total. The highest BCUT2D eigenvalue weighted by atomic mass is 16.5. The number of esters is 1. The summed E-state index contributed by atoms with van der Waals surface area (Å²) in [6.45, 7) is 0.540. The standard InChI is InChI=1S/C14H19BO3/c1-17-14(16)5-3-2-4-12-6-8-13(9-7-12)18-11-10-15/h6-9H,2-5,10-11H2,1H3. The topological polar surface area (TPSA) is 35.5 Å². The first-order chi connectivity index (χ1) is 8.76. The fourth-order valence-electron chi connectivity index (χ4n) is 1.63. The minimum absolute atomic E-state index is 0.138. The molecular weight excluding hydrogens is 227 g/mol. The summed E-state index contributed by atoms with van der Waals surface area (Å²) < 4.78 is 9.99. The molecule has 2 radical (unpaired) electrons. The SMILES string of the molecule is [B]CCOc1ccc(CCCCC(=O)OC)cc1. The van der Waals surface area contributed by atoms with Crippen molar-refractivity contribution in [3.8, 4) is 5.75 Å². The Morgan fingerprint density at radius 1 is 1.22 bits per heavy atom. The first kappa shape index (κ1) is 14.6. The van der Waals surface area contributed by atoms with Crippen molar-refractivity contribution in [3.63, 3.8) is 0 Å². The van der Waals surface area contributed by atoms with Gasteiger partial charge in [-0.2, -0.15) is 0 Å². The van der Waals surface area contributed by atoms with Crippen LogP contribution < -0.4 is 4.74 Å². The molecule has 0 amide bonds. The predicted octanol–water partition coefficient (Wildman–Crippen LogP) is 2.54. The Morgan fingerprint density at radius 2 is 1.94 bits per heavy atom. The van der Waals surface area contributed by atoms with E-state index >= 15 is 0 Å². The Labute approximate surface area is 110 Å². The smallest absolute Gasteiger partial charge is 0.305 e. The van der Waals surface area contributed by atoms with E-state index in [9.17, 15) is 4.79 Å². The van der Waals surface area contributed by atoms with E-state index in [4.69, 9.17) is 12.6 Å². The van der Waals surface area contributed by atoms with Crippen LogP contribution in [0.15, 0.2) is 24.3 Å². The Bertz CT molecular complexity index is 349. The molecule has 0 aromatic heterocycles. The van der Waals surface area contributed by atoms with Crippen LogP contribution in [0.1, 0.15) is 24.8 Å². The zero-order valence-corrected chi connectivity index (χ0v) is 10.9. The molecule has 0 heterocycles. The number of aryl methyl sites for hydroxylation is 1. The quantitative estimate of drug-likeness (QED) is 0.401. The van der Waals surface area contributed by atoms with Crippen LogP contribution in [-0.2, 0) is 16.0 Å². The second-order valence-electron chi connectivity index (χ2n) is 4.06. The van der Waals surface area contributed by atoms with Gasteiger partial charge in [-0.3, -0.25) is 4.79 Å². The number of carbonyl (C=O) groups is 1. The summed E-state index contributed by atoms with van der Waals surface area (Å²) in [6.07, 6.45) is 3.83. The lowest BCUT2D eigenvalue weighted by Gasteiger charge is -2.06. The second kappa shape index (κ2) is 8.62. The molecular formula is C14H19BO3. The van der Waals surface area contributed by atoms with Gasteiger partial charge in [-0.05, 0) is 37.0 Å². The van der Waals surface area contributed by atoms with Gasteiger partial charge >= 0.3 is 5.97 Å². The third-order valence-electron chi connectivity index (χ3n) is 2.63. The van der Waals surface area contributed by atoms with Crippen molar-refractivity contribution in [3.05, 3.63) is 29.8 Å².